The maximum absolute atomic E-state index is 5.29. The minimum Gasteiger partial charge on any atom is -0.384 e. The van der Waals surface area contributed by atoms with E-state index in [1.807, 2.05) is 18.3 Å². The molecular weight excluding hydrogens is 200 g/mol. The molecule has 2 atom stereocenters. The lowest BCUT2D eigenvalue weighted by Gasteiger charge is -2.37. The highest BCUT2D eigenvalue weighted by atomic mass is 16.5. The van der Waals surface area contributed by atoms with Crippen LogP contribution in [0.2, 0.25) is 0 Å². The lowest BCUT2D eigenvalue weighted by atomic mass is 9.87. The summed E-state index contributed by atoms with van der Waals surface area (Å²) < 4.78 is 5.29. The van der Waals surface area contributed by atoms with E-state index in [0.717, 1.165) is 31.4 Å². The molecular formula is C13H20N2O. The zero-order chi connectivity index (χ0) is 11.4. The van der Waals surface area contributed by atoms with E-state index >= 15 is 0 Å². The number of hydrogen-bond donors (Lipinski definition) is 0. The molecule has 0 radical (unpaired) electrons. The molecule has 2 heterocycles. The zero-order valence-electron chi connectivity index (χ0n) is 10.1. The second-order valence-corrected chi connectivity index (χ2v) is 4.62. The Morgan fingerprint density at radius 2 is 2.38 bits per heavy atom. The van der Waals surface area contributed by atoms with Crippen LogP contribution in [0, 0.1) is 11.8 Å². The van der Waals surface area contributed by atoms with E-state index in [0.29, 0.717) is 5.92 Å². The van der Waals surface area contributed by atoms with Gasteiger partial charge in [-0.3, -0.25) is 0 Å². The van der Waals surface area contributed by atoms with Gasteiger partial charge in [0, 0.05) is 32.3 Å². The molecule has 16 heavy (non-hydrogen) atoms. The molecule has 0 aliphatic carbocycles. The molecule has 0 saturated carbocycles. The Morgan fingerprint density at radius 1 is 1.50 bits per heavy atom. The van der Waals surface area contributed by atoms with Gasteiger partial charge in [0.15, 0.2) is 0 Å². The average Bonchev–Trinajstić information content (AvgIpc) is 2.33. The predicted molar refractivity (Wildman–Crippen MR) is 65.6 cm³/mol. The van der Waals surface area contributed by atoms with Crippen molar-refractivity contribution in [1.82, 2.24) is 4.98 Å². The fraction of sp³-hybridized carbons (Fsp3) is 0.615. The summed E-state index contributed by atoms with van der Waals surface area (Å²) in [7, 11) is 1.78. The summed E-state index contributed by atoms with van der Waals surface area (Å²) in [6.07, 6.45) is 3.09. The predicted octanol–water partition coefficient (Wildman–Crippen LogP) is 2.19. The molecule has 0 N–H and O–H groups in total. The Morgan fingerprint density at radius 3 is 3.06 bits per heavy atom. The van der Waals surface area contributed by atoms with Crippen molar-refractivity contribution in [3.8, 4) is 0 Å². The van der Waals surface area contributed by atoms with Crippen molar-refractivity contribution >= 4 is 5.82 Å². The van der Waals surface area contributed by atoms with Crippen molar-refractivity contribution in [3.05, 3.63) is 24.4 Å². The Labute approximate surface area is 97.4 Å². The topological polar surface area (TPSA) is 25.4 Å². The van der Waals surface area contributed by atoms with Crippen molar-refractivity contribution in [3.63, 3.8) is 0 Å². The number of anilines is 1. The number of rotatable bonds is 3. The van der Waals surface area contributed by atoms with Crippen LogP contribution in [0.3, 0.4) is 0 Å². The Balaban J connectivity index is 2.03. The third-order valence-electron chi connectivity index (χ3n) is 3.47. The van der Waals surface area contributed by atoms with Crippen molar-refractivity contribution < 1.29 is 4.74 Å². The fourth-order valence-electron chi connectivity index (χ4n) is 2.33. The minimum atomic E-state index is 0.626. The maximum Gasteiger partial charge on any atom is 0.128 e. The van der Waals surface area contributed by atoms with Gasteiger partial charge < -0.3 is 9.64 Å². The van der Waals surface area contributed by atoms with Crippen molar-refractivity contribution in [1.29, 1.82) is 0 Å². The molecule has 0 aromatic carbocycles. The van der Waals surface area contributed by atoms with Gasteiger partial charge in [0.05, 0.1) is 6.61 Å². The number of methoxy groups -OCH3 is 1. The highest BCUT2D eigenvalue weighted by Gasteiger charge is 2.26. The molecule has 1 unspecified atom stereocenters. The molecule has 3 nitrogen and oxygen atoms in total. The van der Waals surface area contributed by atoms with Crippen molar-refractivity contribution in [2.45, 2.75) is 13.3 Å². The summed E-state index contributed by atoms with van der Waals surface area (Å²) >= 11 is 0. The third-order valence-corrected chi connectivity index (χ3v) is 3.47. The molecule has 3 heteroatoms. The van der Waals surface area contributed by atoms with Gasteiger partial charge in [0.2, 0.25) is 0 Å². The highest BCUT2D eigenvalue weighted by Crippen LogP contribution is 2.26. The lowest BCUT2D eigenvalue weighted by Crippen LogP contribution is -2.41. The van der Waals surface area contributed by atoms with Crippen LogP contribution in [-0.4, -0.2) is 31.8 Å². The first-order valence-corrected chi connectivity index (χ1v) is 5.96. The summed E-state index contributed by atoms with van der Waals surface area (Å²) in [6, 6.07) is 6.09. The molecule has 0 spiro atoms. The van der Waals surface area contributed by atoms with E-state index in [1.54, 1.807) is 7.11 Å². The Hall–Kier alpha value is -1.09. The van der Waals surface area contributed by atoms with Gasteiger partial charge in [-0.1, -0.05) is 13.0 Å². The monoisotopic (exact) mass is 220 g/mol. The van der Waals surface area contributed by atoms with Crippen molar-refractivity contribution in [2.75, 3.05) is 31.7 Å². The number of piperidine rings is 1. The van der Waals surface area contributed by atoms with E-state index in [-0.39, 0.29) is 0 Å². The highest BCUT2D eigenvalue weighted by molar-refractivity contribution is 5.38. The van der Waals surface area contributed by atoms with E-state index in [9.17, 15) is 0 Å². The largest absolute Gasteiger partial charge is 0.384 e. The van der Waals surface area contributed by atoms with Crippen LogP contribution in [-0.2, 0) is 4.74 Å². The normalized spacial score (nSPS) is 25.8. The Bertz CT molecular complexity index is 315. The summed E-state index contributed by atoms with van der Waals surface area (Å²) in [5, 5.41) is 0. The molecule has 88 valence electrons. The molecule has 0 bridgehead atoms. The maximum atomic E-state index is 5.29. The first-order valence-electron chi connectivity index (χ1n) is 5.96. The first kappa shape index (κ1) is 11.4. The SMILES string of the molecule is COCC1CN(c2ccccn2)CC[C@@H]1C. The molecule has 1 aliphatic heterocycles. The van der Waals surface area contributed by atoms with Gasteiger partial charge in [-0.05, 0) is 24.5 Å². The van der Waals surface area contributed by atoms with Crippen LogP contribution in [0.1, 0.15) is 13.3 Å². The quantitative estimate of drug-likeness (QED) is 0.780. The molecule has 1 saturated heterocycles. The van der Waals surface area contributed by atoms with Crippen LogP contribution in [0.4, 0.5) is 5.82 Å². The standard InChI is InChI=1S/C13H20N2O/c1-11-6-8-15(9-12(11)10-16-2)13-5-3-4-7-14-13/h3-5,7,11-12H,6,8-10H2,1-2H3/t11-,12?/m0/s1. The lowest BCUT2D eigenvalue weighted by molar-refractivity contribution is 0.116. The van der Waals surface area contributed by atoms with Crippen molar-refractivity contribution in [2.24, 2.45) is 11.8 Å². The van der Waals surface area contributed by atoms with Gasteiger partial charge >= 0.3 is 0 Å². The number of nitrogens with zero attached hydrogens (tertiary/aromatic N) is 2. The van der Waals surface area contributed by atoms with Gasteiger partial charge in [-0.15, -0.1) is 0 Å². The summed E-state index contributed by atoms with van der Waals surface area (Å²) in [5.41, 5.74) is 0. The molecule has 2 rings (SSSR count). The summed E-state index contributed by atoms with van der Waals surface area (Å²) in [6.45, 7) is 5.34. The van der Waals surface area contributed by atoms with Crippen LogP contribution >= 0.6 is 0 Å². The van der Waals surface area contributed by atoms with E-state index in [1.165, 1.54) is 6.42 Å². The van der Waals surface area contributed by atoms with E-state index in [2.05, 4.69) is 22.9 Å². The van der Waals surface area contributed by atoms with E-state index < -0.39 is 0 Å². The van der Waals surface area contributed by atoms with Gasteiger partial charge in [0.1, 0.15) is 5.82 Å². The van der Waals surface area contributed by atoms with Crippen LogP contribution in [0.5, 0.6) is 0 Å². The molecule has 1 aromatic heterocycles. The zero-order valence-corrected chi connectivity index (χ0v) is 10.1. The second-order valence-electron chi connectivity index (χ2n) is 4.62. The number of pyridine rings is 1. The number of aromatic nitrogens is 1. The molecule has 1 aromatic rings. The second kappa shape index (κ2) is 5.30. The first-order chi connectivity index (χ1) is 7.81. The van der Waals surface area contributed by atoms with Gasteiger partial charge in [0.25, 0.3) is 0 Å². The average molecular weight is 220 g/mol. The number of ether oxygens (including phenoxy) is 1. The molecule has 1 aliphatic rings. The minimum absolute atomic E-state index is 0.626. The summed E-state index contributed by atoms with van der Waals surface area (Å²) in [5.74, 6) is 2.47. The van der Waals surface area contributed by atoms with Crippen LogP contribution in [0.25, 0.3) is 0 Å². The smallest absolute Gasteiger partial charge is 0.128 e. The van der Waals surface area contributed by atoms with Crippen LogP contribution in [0.15, 0.2) is 24.4 Å². The molecule has 1 fully saturated rings. The van der Waals surface area contributed by atoms with Crippen LogP contribution < -0.4 is 4.90 Å². The Kier molecular flexibility index (Phi) is 3.78. The number of hydrogen-bond acceptors (Lipinski definition) is 3. The van der Waals surface area contributed by atoms with Gasteiger partial charge in [-0.2, -0.15) is 0 Å². The van der Waals surface area contributed by atoms with Gasteiger partial charge in [-0.25, -0.2) is 4.98 Å². The summed E-state index contributed by atoms with van der Waals surface area (Å²) in [4.78, 5) is 6.77. The third kappa shape index (κ3) is 2.53. The fourth-order valence-corrected chi connectivity index (χ4v) is 2.33. The van der Waals surface area contributed by atoms with E-state index in [4.69, 9.17) is 4.74 Å². The molecule has 0 amide bonds.